The molecule has 34 heavy (non-hydrogen) atoms. The molecule has 180 valence electrons. The SMILES string of the molecule is NC(=O)[C@H](Cc1ccc(O)cc1)NC(=O)C1=C[C@H](NC(=O)Nc2cccc(F)c2)[C@@H](O)[C@H](O)C1. The van der Waals surface area contributed by atoms with Crippen molar-refractivity contribution in [3.63, 3.8) is 0 Å². The lowest BCUT2D eigenvalue weighted by molar-refractivity contribution is -0.125. The topological polar surface area (TPSA) is 174 Å². The summed E-state index contributed by atoms with van der Waals surface area (Å²) >= 11 is 0. The number of rotatable bonds is 7. The van der Waals surface area contributed by atoms with Gasteiger partial charge in [-0.2, -0.15) is 0 Å². The van der Waals surface area contributed by atoms with Crippen LogP contribution in [0.4, 0.5) is 14.9 Å². The first-order valence-electron chi connectivity index (χ1n) is 10.4. The van der Waals surface area contributed by atoms with Crippen molar-refractivity contribution < 1.29 is 34.1 Å². The molecule has 0 saturated heterocycles. The highest BCUT2D eigenvalue weighted by Crippen LogP contribution is 2.21. The molecule has 0 fully saturated rings. The van der Waals surface area contributed by atoms with E-state index in [4.69, 9.17) is 5.73 Å². The number of halogens is 1. The van der Waals surface area contributed by atoms with Crippen LogP contribution in [0.3, 0.4) is 0 Å². The minimum Gasteiger partial charge on any atom is -0.508 e. The van der Waals surface area contributed by atoms with Gasteiger partial charge in [0.15, 0.2) is 0 Å². The van der Waals surface area contributed by atoms with E-state index >= 15 is 0 Å². The number of urea groups is 1. The minimum absolute atomic E-state index is 0.0332. The molecule has 11 heteroatoms. The quantitative estimate of drug-likeness (QED) is 0.305. The van der Waals surface area contributed by atoms with E-state index in [1.165, 1.54) is 36.4 Å². The van der Waals surface area contributed by atoms with Gasteiger partial charge in [0.2, 0.25) is 11.8 Å². The molecule has 0 spiro atoms. The predicted molar refractivity (Wildman–Crippen MR) is 120 cm³/mol. The van der Waals surface area contributed by atoms with E-state index in [-0.39, 0.29) is 29.9 Å². The number of amides is 4. The zero-order valence-corrected chi connectivity index (χ0v) is 17.9. The number of anilines is 1. The number of carbonyl (C=O) groups excluding carboxylic acids is 3. The van der Waals surface area contributed by atoms with E-state index in [2.05, 4.69) is 16.0 Å². The molecule has 0 unspecified atom stereocenters. The molecule has 2 aromatic carbocycles. The van der Waals surface area contributed by atoms with Crippen LogP contribution < -0.4 is 21.7 Å². The molecule has 0 saturated carbocycles. The number of aromatic hydroxyl groups is 1. The molecule has 3 rings (SSSR count). The van der Waals surface area contributed by atoms with E-state index < -0.39 is 48.0 Å². The van der Waals surface area contributed by atoms with E-state index in [0.29, 0.717) is 5.56 Å². The third kappa shape index (κ3) is 6.53. The Bertz CT molecular complexity index is 1090. The van der Waals surface area contributed by atoms with Crippen molar-refractivity contribution in [2.45, 2.75) is 37.1 Å². The van der Waals surface area contributed by atoms with Crippen molar-refractivity contribution in [1.29, 1.82) is 0 Å². The average molecular weight is 472 g/mol. The fourth-order valence-corrected chi connectivity index (χ4v) is 3.49. The number of benzene rings is 2. The summed E-state index contributed by atoms with van der Waals surface area (Å²) in [5.41, 5.74) is 6.26. The molecule has 1 aliphatic carbocycles. The normalized spacial score (nSPS) is 20.6. The lowest BCUT2D eigenvalue weighted by atomic mass is 9.90. The Morgan fingerprint density at radius 1 is 1.12 bits per heavy atom. The minimum atomic E-state index is -1.40. The number of carbonyl (C=O) groups is 3. The summed E-state index contributed by atoms with van der Waals surface area (Å²) in [6.07, 6.45) is -1.65. The Balaban J connectivity index is 1.69. The van der Waals surface area contributed by atoms with E-state index in [9.17, 15) is 34.1 Å². The van der Waals surface area contributed by atoms with Gasteiger partial charge in [0.25, 0.3) is 0 Å². The van der Waals surface area contributed by atoms with Crippen molar-refractivity contribution >= 4 is 23.5 Å². The highest BCUT2D eigenvalue weighted by molar-refractivity contribution is 5.97. The lowest BCUT2D eigenvalue weighted by Crippen LogP contribution is -2.53. The van der Waals surface area contributed by atoms with Crippen molar-refractivity contribution in [3.8, 4) is 5.75 Å². The molecule has 4 amide bonds. The summed E-state index contributed by atoms with van der Waals surface area (Å²) in [4.78, 5) is 36.9. The van der Waals surface area contributed by atoms with Gasteiger partial charge in [-0.15, -0.1) is 0 Å². The van der Waals surface area contributed by atoms with Crippen molar-refractivity contribution in [2.24, 2.45) is 5.73 Å². The maximum Gasteiger partial charge on any atom is 0.319 e. The van der Waals surface area contributed by atoms with E-state index in [1.54, 1.807) is 12.1 Å². The van der Waals surface area contributed by atoms with Crippen LogP contribution in [-0.2, 0) is 16.0 Å². The molecule has 1 aliphatic rings. The summed E-state index contributed by atoms with van der Waals surface area (Å²) in [5.74, 6) is -2.00. The molecule has 0 aromatic heterocycles. The molecule has 0 bridgehead atoms. The first-order valence-corrected chi connectivity index (χ1v) is 10.4. The predicted octanol–water partition coefficient (Wildman–Crippen LogP) is 0.286. The van der Waals surface area contributed by atoms with Gasteiger partial charge in [0.1, 0.15) is 23.7 Å². The largest absolute Gasteiger partial charge is 0.508 e. The van der Waals surface area contributed by atoms with Gasteiger partial charge in [-0.1, -0.05) is 24.3 Å². The third-order valence-corrected chi connectivity index (χ3v) is 5.27. The van der Waals surface area contributed by atoms with Crippen molar-refractivity contribution in [1.82, 2.24) is 10.6 Å². The van der Waals surface area contributed by atoms with Gasteiger partial charge in [-0.3, -0.25) is 9.59 Å². The number of hydrogen-bond acceptors (Lipinski definition) is 6. The van der Waals surface area contributed by atoms with Crippen LogP contribution in [0.25, 0.3) is 0 Å². The van der Waals surface area contributed by atoms with E-state index in [1.807, 2.05) is 0 Å². The molecule has 10 nitrogen and oxygen atoms in total. The van der Waals surface area contributed by atoms with Crippen molar-refractivity contribution in [3.05, 3.63) is 71.6 Å². The third-order valence-electron chi connectivity index (χ3n) is 5.27. The molecular formula is C23H25FN4O6. The maximum atomic E-state index is 13.3. The smallest absolute Gasteiger partial charge is 0.319 e. The molecule has 0 aliphatic heterocycles. The molecular weight excluding hydrogens is 447 g/mol. The summed E-state index contributed by atoms with van der Waals surface area (Å²) in [7, 11) is 0. The van der Waals surface area contributed by atoms with Crippen LogP contribution in [-0.4, -0.2) is 57.5 Å². The van der Waals surface area contributed by atoms with Gasteiger partial charge in [0.05, 0.1) is 12.1 Å². The summed E-state index contributed by atoms with van der Waals surface area (Å²) < 4.78 is 13.3. The zero-order chi connectivity index (χ0) is 24.8. The van der Waals surface area contributed by atoms with Gasteiger partial charge >= 0.3 is 6.03 Å². The second kappa shape index (κ2) is 10.8. The number of primary amides is 1. The first-order chi connectivity index (χ1) is 16.1. The van der Waals surface area contributed by atoms with Crippen molar-refractivity contribution in [2.75, 3.05) is 5.32 Å². The van der Waals surface area contributed by atoms with Crippen LogP contribution >= 0.6 is 0 Å². The van der Waals surface area contributed by atoms with E-state index in [0.717, 1.165) is 6.07 Å². The maximum absolute atomic E-state index is 13.3. The first kappa shape index (κ1) is 24.7. The van der Waals surface area contributed by atoms with Gasteiger partial charge in [0, 0.05) is 24.1 Å². The Morgan fingerprint density at radius 2 is 1.82 bits per heavy atom. The number of nitrogens with one attached hydrogen (secondary N) is 3. The summed E-state index contributed by atoms with van der Waals surface area (Å²) in [6, 6.07) is 8.18. The molecule has 8 N–H and O–H groups in total. The fraction of sp³-hybridized carbons (Fsp3) is 0.261. The number of phenolic OH excluding ortho intramolecular Hbond substituents is 1. The Morgan fingerprint density at radius 3 is 2.47 bits per heavy atom. The average Bonchev–Trinajstić information content (AvgIpc) is 2.77. The zero-order valence-electron chi connectivity index (χ0n) is 17.9. The molecule has 0 heterocycles. The number of nitrogens with two attached hydrogens (primary N) is 1. The standard InChI is InChI=1S/C23H25FN4O6/c24-14-2-1-3-15(11-14)26-23(34)28-17-9-13(10-19(30)20(17)31)22(33)27-18(21(25)32)8-12-4-6-16(29)7-5-12/h1-7,9,11,17-20,29-31H,8,10H2,(H2,25,32)(H,27,33)(H2,26,28,34)/t17-,18-,19+,20+/m0/s1. The fourth-order valence-electron chi connectivity index (χ4n) is 3.49. The number of phenols is 1. The Labute approximate surface area is 194 Å². The van der Waals surface area contributed by atoms with Crippen LogP contribution in [0.1, 0.15) is 12.0 Å². The highest BCUT2D eigenvalue weighted by Gasteiger charge is 2.34. The molecule has 4 atom stereocenters. The lowest BCUT2D eigenvalue weighted by Gasteiger charge is -2.31. The molecule has 2 aromatic rings. The van der Waals surface area contributed by atoms with Crippen LogP contribution in [0.5, 0.6) is 5.75 Å². The van der Waals surface area contributed by atoms with Crippen LogP contribution in [0, 0.1) is 5.82 Å². The second-order valence-corrected chi connectivity index (χ2v) is 7.89. The van der Waals surface area contributed by atoms with Crippen LogP contribution in [0.15, 0.2) is 60.2 Å². The van der Waals surface area contributed by atoms with Gasteiger partial charge in [-0.05, 0) is 35.9 Å². The monoisotopic (exact) mass is 472 g/mol. The molecule has 0 radical (unpaired) electrons. The number of hydrogen-bond donors (Lipinski definition) is 7. The second-order valence-electron chi connectivity index (χ2n) is 7.89. The Hall–Kier alpha value is -3.96. The summed E-state index contributed by atoms with van der Waals surface area (Å²) in [6.45, 7) is 0. The highest BCUT2D eigenvalue weighted by atomic mass is 19.1. The van der Waals surface area contributed by atoms with Gasteiger partial charge in [-0.25, -0.2) is 9.18 Å². The number of aliphatic hydroxyl groups is 2. The van der Waals surface area contributed by atoms with Gasteiger partial charge < -0.3 is 37.0 Å². The Kier molecular flexibility index (Phi) is 7.82. The number of aliphatic hydroxyl groups excluding tert-OH is 2. The summed E-state index contributed by atoms with van der Waals surface area (Å²) in [5, 5.41) is 37.2. The van der Waals surface area contributed by atoms with Crippen LogP contribution in [0.2, 0.25) is 0 Å².